The van der Waals surface area contributed by atoms with Gasteiger partial charge < -0.3 is 9.72 Å². The molecular weight excluding hydrogens is 310 g/mol. The number of H-pyrrole nitrogens is 1. The normalized spacial score (nSPS) is 11.8. The third-order valence-electron chi connectivity index (χ3n) is 4.39. The molecule has 0 spiro atoms. The van der Waals surface area contributed by atoms with Crippen LogP contribution in [0.1, 0.15) is 37.5 Å². The van der Waals surface area contributed by atoms with Gasteiger partial charge in [0.25, 0.3) is 0 Å². The van der Waals surface area contributed by atoms with Gasteiger partial charge in [0, 0.05) is 16.5 Å². The Morgan fingerprint density at radius 1 is 1.00 bits per heavy atom. The number of carbonyl (C=O) groups is 1. The van der Waals surface area contributed by atoms with Crippen molar-refractivity contribution in [1.82, 2.24) is 4.98 Å². The Labute approximate surface area is 149 Å². The lowest BCUT2D eigenvalue weighted by Crippen LogP contribution is -2.25. The summed E-state index contributed by atoms with van der Waals surface area (Å²) in [5, 5.41) is 0.925. The van der Waals surface area contributed by atoms with Crippen molar-refractivity contribution in [2.45, 2.75) is 41.5 Å². The zero-order chi connectivity index (χ0) is 18.4. The summed E-state index contributed by atoms with van der Waals surface area (Å²) in [5.74, 6) is 0.381. The van der Waals surface area contributed by atoms with E-state index in [0.717, 1.165) is 33.3 Å². The van der Waals surface area contributed by atoms with Crippen molar-refractivity contribution in [3.8, 4) is 17.0 Å². The zero-order valence-electron chi connectivity index (χ0n) is 15.8. The summed E-state index contributed by atoms with van der Waals surface area (Å²) in [4.78, 5) is 16.0. The molecule has 2 aromatic carbocycles. The van der Waals surface area contributed by atoms with Crippen molar-refractivity contribution in [2.75, 3.05) is 0 Å². The minimum absolute atomic E-state index is 0.235. The Morgan fingerprint density at radius 3 is 2.20 bits per heavy atom. The molecule has 0 saturated carbocycles. The van der Waals surface area contributed by atoms with Crippen LogP contribution in [0.4, 0.5) is 0 Å². The van der Waals surface area contributed by atoms with E-state index >= 15 is 0 Å². The van der Waals surface area contributed by atoms with Gasteiger partial charge in [-0.1, -0.05) is 29.8 Å². The number of fused-ring (bicyclic) bond motifs is 1. The van der Waals surface area contributed by atoms with E-state index in [1.54, 1.807) is 0 Å². The standard InChI is InChI=1S/C22H25NO2/c1-13-11-14(2)18(15(3)12-13)19-20(25-21(24)22(4,5)6)16-9-7-8-10-17(16)23-19/h7-12,23H,1-6H3. The van der Waals surface area contributed by atoms with Crippen molar-refractivity contribution in [3.63, 3.8) is 0 Å². The maximum Gasteiger partial charge on any atom is 0.316 e. The zero-order valence-corrected chi connectivity index (χ0v) is 15.8. The van der Waals surface area contributed by atoms with Crippen LogP contribution in [0.2, 0.25) is 0 Å². The maximum atomic E-state index is 12.5. The summed E-state index contributed by atoms with van der Waals surface area (Å²) in [6.45, 7) is 11.9. The second-order valence-corrected chi connectivity index (χ2v) is 7.79. The topological polar surface area (TPSA) is 42.1 Å². The van der Waals surface area contributed by atoms with E-state index in [0.29, 0.717) is 5.75 Å². The van der Waals surface area contributed by atoms with E-state index in [1.165, 1.54) is 5.56 Å². The van der Waals surface area contributed by atoms with Crippen molar-refractivity contribution >= 4 is 16.9 Å². The molecule has 0 unspecified atom stereocenters. The summed E-state index contributed by atoms with van der Waals surface area (Å²) < 4.78 is 5.89. The van der Waals surface area contributed by atoms with Gasteiger partial charge >= 0.3 is 5.97 Å². The van der Waals surface area contributed by atoms with Crippen LogP contribution in [0.3, 0.4) is 0 Å². The second-order valence-electron chi connectivity index (χ2n) is 7.79. The number of aryl methyl sites for hydroxylation is 3. The van der Waals surface area contributed by atoms with Crippen LogP contribution in [-0.2, 0) is 4.79 Å². The van der Waals surface area contributed by atoms with Gasteiger partial charge in [-0.05, 0) is 64.8 Å². The van der Waals surface area contributed by atoms with E-state index in [4.69, 9.17) is 4.74 Å². The number of hydrogen-bond donors (Lipinski definition) is 1. The van der Waals surface area contributed by atoms with Gasteiger partial charge in [-0.3, -0.25) is 4.79 Å². The summed E-state index contributed by atoms with van der Waals surface area (Å²) in [6.07, 6.45) is 0. The highest BCUT2D eigenvalue weighted by atomic mass is 16.5. The highest BCUT2D eigenvalue weighted by molar-refractivity contribution is 5.97. The van der Waals surface area contributed by atoms with Crippen LogP contribution in [0.25, 0.3) is 22.2 Å². The van der Waals surface area contributed by atoms with Crippen molar-refractivity contribution in [1.29, 1.82) is 0 Å². The first-order valence-electron chi connectivity index (χ1n) is 8.59. The predicted octanol–water partition coefficient (Wildman–Crippen LogP) is 5.71. The van der Waals surface area contributed by atoms with Crippen molar-refractivity contribution < 1.29 is 9.53 Å². The fraction of sp³-hybridized carbons (Fsp3) is 0.318. The van der Waals surface area contributed by atoms with Gasteiger partial charge in [0.2, 0.25) is 0 Å². The molecule has 25 heavy (non-hydrogen) atoms. The number of esters is 1. The molecule has 0 amide bonds. The number of benzene rings is 2. The maximum absolute atomic E-state index is 12.5. The van der Waals surface area contributed by atoms with E-state index in [-0.39, 0.29) is 5.97 Å². The lowest BCUT2D eigenvalue weighted by Gasteiger charge is -2.18. The van der Waals surface area contributed by atoms with E-state index in [9.17, 15) is 4.79 Å². The molecule has 0 saturated heterocycles. The van der Waals surface area contributed by atoms with Crippen LogP contribution in [0, 0.1) is 26.2 Å². The molecule has 0 bridgehead atoms. The van der Waals surface area contributed by atoms with Gasteiger partial charge in [0.15, 0.2) is 5.75 Å². The quantitative estimate of drug-likeness (QED) is 0.609. The molecule has 3 rings (SSSR count). The molecule has 0 aliphatic heterocycles. The molecular formula is C22H25NO2. The van der Waals surface area contributed by atoms with Crippen LogP contribution in [0.5, 0.6) is 5.75 Å². The molecule has 0 fully saturated rings. The molecule has 0 aliphatic carbocycles. The van der Waals surface area contributed by atoms with Crippen LogP contribution in [0.15, 0.2) is 36.4 Å². The Morgan fingerprint density at radius 2 is 1.60 bits per heavy atom. The molecule has 3 aromatic rings. The minimum atomic E-state index is -0.562. The van der Waals surface area contributed by atoms with E-state index < -0.39 is 5.41 Å². The third kappa shape index (κ3) is 3.19. The minimum Gasteiger partial charge on any atom is -0.423 e. The molecule has 0 atom stereocenters. The summed E-state index contributed by atoms with van der Waals surface area (Å²) in [6, 6.07) is 12.2. The number of hydrogen-bond acceptors (Lipinski definition) is 2. The Balaban J connectivity index is 2.26. The van der Waals surface area contributed by atoms with E-state index in [2.05, 4.69) is 37.9 Å². The highest BCUT2D eigenvalue weighted by Gasteiger charge is 2.27. The van der Waals surface area contributed by atoms with Crippen molar-refractivity contribution in [2.24, 2.45) is 5.41 Å². The van der Waals surface area contributed by atoms with E-state index in [1.807, 2.05) is 45.0 Å². The second kappa shape index (κ2) is 6.07. The first kappa shape index (κ1) is 17.3. The average Bonchev–Trinajstić information content (AvgIpc) is 2.84. The summed E-state index contributed by atoms with van der Waals surface area (Å²) in [5.41, 5.74) is 5.92. The highest BCUT2D eigenvalue weighted by Crippen LogP contribution is 2.41. The summed E-state index contributed by atoms with van der Waals surface area (Å²) in [7, 11) is 0. The molecule has 3 nitrogen and oxygen atoms in total. The Kier molecular flexibility index (Phi) is 4.19. The predicted molar refractivity (Wildman–Crippen MR) is 103 cm³/mol. The first-order valence-corrected chi connectivity index (χ1v) is 8.59. The summed E-state index contributed by atoms with van der Waals surface area (Å²) >= 11 is 0. The monoisotopic (exact) mass is 335 g/mol. The number of rotatable bonds is 2. The molecule has 0 aliphatic rings. The smallest absolute Gasteiger partial charge is 0.316 e. The van der Waals surface area contributed by atoms with Gasteiger partial charge in [-0.25, -0.2) is 0 Å². The molecule has 1 N–H and O–H groups in total. The lowest BCUT2D eigenvalue weighted by molar-refractivity contribution is -0.142. The molecule has 3 heteroatoms. The number of carbonyl (C=O) groups excluding carboxylic acids is 1. The van der Waals surface area contributed by atoms with Crippen LogP contribution in [-0.4, -0.2) is 11.0 Å². The number of aromatic amines is 1. The fourth-order valence-electron chi connectivity index (χ4n) is 3.22. The van der Waals surface area contributed by atoms with Gasteiger partial charge in [0.05, 0.1) is 11.1 Å². The number of nitrogens with one attached hydrogen (secondary N) is 1. The fourth-order valence-corrected chi connectivity index (χ4v) is 3.22. The molecule has 1 heterocycles. The largest absolute Gasteiger partial charge is 0.423 e. The van der Waals surface area contributed by atoms with Crippen LogP contribution < -0.4 is 4.74 Å². The number of para-hydroxylation sites is 1. The molecule has 1 aromatic heterocycles. The molecule has 0 radical (unpaired) electrons. The van der Waals surface area contributed by atoms with Gasteiger partial charge in [-0.2, -0.15) is 0 Å². The van der Waals surface area contributed by atoms with Crippen LogP contribution >= 0.6 is 0 Å². The Bertz CT molecular complexity index is 935. The average molecular weight is 335 g/mol. The SMILES string of the molecule is Cc1cc(C)c(-c2[nH]c3ccccc3c2OC(=O)C(C)(C)C)c(C)c1. The van der Waals surface area contributed by atoms with Gasteiger partial charge in [0.1, 0.15) is 0 Å². The van der Waals surface area contributed by atoms with Gasteiger partial charge in [-0.15, -0.1) is 0 Å². The first-order chi connectivity index (χ1) is 11.7. The third-order valence-corrected chi connectivity index (χ3v) is 4.39. The Hall–Kier alpha value is -2.55. The number of ether oxygens (including phenoxy) is 1. The van der Waals surface area contributed by atoms with Crippen molar-refractivity contribution in [3.05, 3.63) is 53.1 Å². The lowest BCUT2D eigenvalue weighted by atomic mass is 9.96. The number of aromatic nitrogens is 1. The molecule has 130 valence electrons.